The van der Waals surface area contributed by atoms with E-state index in [2.05, 4.69) is 5.32 Å². The number of anilines is 2. The highest BCUT2D eigenvalue weighted by atomic mass is 35.5. The molecular weight excluding hydrogens is 276 g/mol. The number of carbonyl (C=O) groups is 1. The fraction of sp³-hybridized carbons (Fsp3) is 0. The second-order valence-corrected chi connectivity index (χ2v) is 4.10. The highest BCUT2D eigenvalue weighted by Gasteiger charge is 2.18. The topological polar surface area (TPSA) is 49.3 Å². The van der Waals surface area contributed by atoms with Gasteiger partial charge >= 0.3 is 5.97 Å². The summed E-state index contributed by atoms with van der Waals surface area (Å²) in [5, 5.41) is 11.7. The molecule has 2 aromatic carbocycles. The Labute approximate surface area is 112 Å². The van der Waals surface area contributed by atoms with E-state index in [0.29, 0.717) is 0 Å². The van der Waals surface area contributed by atoms with Crippen LogP contribution in [0, 0.1) is 11.6 Å². The summed E-state index contributed by atoms with van der Waals surface area (Å²) in [5.74, 6) is -3.77. The molecular formula is C13H8ClF2NO2. The number of hydrogen-bond acceptors (Lipinski definition) is 2. The zero-order valence-electron chi connectivity index (χ0n) is 9.45. The van der Waals surface area contributed by atoms with Gasteiger partial charge in [0, 0.05) is 0 Å². The molecule has 0 amide bonds. The van der Waals surface area contributed by atoms with Gasteiger partial charge in [-0.15, -0.1) is 0 Å². The summed E-state index contributed by atoms with van der Waals surface area (Å²) in [6.07, 6.45) is 0. The minimum absolute atomic E-state index is 0.266. The molecule has 0 aliphatic rings. The van der Waals surface area contributed by atoms with Crippen LogP contribution in [0.2, 0.25) is 5.02 Å². The molecule has 2 rings (SSSR count). The minimum atomic E-state index is -1.37. The van der Waals surface area contributed by atoms with Crippen molar-refractivity contribution in [1.29, 1.82) is 0 Å². The quantitative estimate of drug-likeness (QED) is 0.893. The van der Waals surface area contributed by atoms with E-state index in [1.165, 1.54) is 6.07 Å². The molecule has 3 nitrogen and oxygen atoms in total. The van der Waals surface area contributed by atoms with E-state index in [0.717, 1.165) is 12.1 Å². The lowest BCUT2D eigenvalue weighted by atomic mass is 10.1. The highest BCUT2D eigenvalue weighted by molar-refractivity contribution is 6.33. The van der Waals surface area contributed by atoms with Crippen molar-refractivity contribution in [2.75, 3.05) is 5.32 Å². The van der Waals surface area contributed by atoms with Gasteiger partial charge in [0.25, 0.3) is 0 Å². The van der Waals surface area contributed by atoms with Crippen molar-refractivity contribution in [3.8, 4) is 0 Å². The number of carboxylic acid groups (broad SMARTS) is 1. The Morgan fingerprint density at radius 1 is 1.16 bits per heavy atom. The lowest BCUT2D eigenvalue weighted by Crippen LogP contribution is -2.06. The average Bonchev–Trinajstić information content (AvgIpc) is 2.37. The first kappa shape index (κ1) is 13.3. The molecule has 0 atom stereocenters. The molecule has 0 saturated carbocycles. The minimum Gasteiger partial charge on any atom is -0.478 e. The second kappa shape index (κ2) is 5.24. The Morgan fingerprint density at radius 2 is 1.84 bits per heavy atom. The van der Waals surface area contributed by atoms with Crippen molar-refractivity contribution in [2.24, 2.45) is 0 Å². The fourth-order valence-electron chi connectivity index (χ4n) is 1.55. The summed E-state index contributed by atoms with van der Waals surface area (Å²) in [5.41, 5.74) is -0.546. The molecule has 0 heterocycles. The predicted octanol–water partition coefficient (Wildman–Crippen LogP) is 4.06. The van der Waals surface area contributed by atoms with Gasteiger partial charge < -0.3 is 10.4 Å². The Hall–Kier alpha value is -2.14. The Kier molecular flexibility index (Phi) is 3.66. The van der Waals surface area contributed by atoms with Crippen LogP contribution in [0.5, 0.6) is 0 Å². The van der Waals surface area contributed by atoms with Gasteiger partial charge in [0.1, 0.15) is 0 Å². The average molecular weight is 284 g/mol. The van der Waals surface area contributed by atoms with Crippen LogP contribution in [0.15, 0.2) is 36.4 Å². The van der Waals surface area contributed by atoms with E-state index in [4.69, 9.17) is 16.7 Å². The summed E-state index contributed by atoms with van der Waals surface area (Å²) in [4.78, 5) is 11.0. The maximum atomic E-state index is 13.7. The van der Waals surface area contributed by atoms with Crippen LogP contribution in [0.1, 0.15) is 10.4 Å². The van der Waals surface area contributed by atoms with Gasteiger partial charge in [0.2, 0.25) is 0 Å². The van der Waals surface area contributed by atoms with Gasteiger partial charge in [-0.25, -0.2) is 13.6 Å². The number of benzene rings is 2. The second-order valence-electron chi connectivity index (χ2n) is 3.69. The number of nitrogens with one attached hydrogen (secondary N) is 1. The highest BCUT2D eigenvalue weighted by Crippen LogP contribution is 2.30. The number of carboxylic acids is 1. The number of para-hydroxylation sites is 1. The molecule has 2 N–H and O–H groups in total. The largest absolute Gasteiger partial charge is 0.478 e. The van der Waals surface area contributed by atoms with Crippen LogP contribution < -0.4 is 5.32 Å². The first-order chi connectivity index (χ1) is 9.00. The zero-order valence-corrected chi connectivity index (χ0v) is 10.2. The molecule has 0 unspecified atom stereocenters. The smallest absolute Gasteiger partial charge is 0.337 e. The fourth-order valence-corrected chi connectivity index (χ4v) is 1.73. The first-order valence-corrected chi connectivity index (χ1v) is 5.61. The maximum absolute atomic E-state index is 13.7. The van der Waals surface area contributed by atoms with E-state index < -0.39 is 23.3 Å². The third-order valence-corrected chi connectivity index (χ3v) is 2.79. The Morgan fingerprint density at radius 3 is 2.47 bits per heavy atom. The summed E-state index contributed by atoms with van der Waals surface area (Å²) in [6.45, 7) is 0. The molecule has 98 valence electrons. The van der Waals surface area contributed by atoms with Crippen molar-refractivity contribution in [1.82, 2.24) is 0 Å². The molecule has 0 aliphatic heterocycles. The van der Waals surface area contributed by atoms with Crippen molar-refractivity contribution in [3.63, 3.8) is 0 Å². The molecule has 0 bridgehead atoms. The van der Waals surface area contributed by atoms with Crippen molar-refractivity contribution in [2.45, 2.75) is 0 Å². The molecule has 0 aliphatic carbocycles. The number of hydrogen-bond donors (Lipinski definition) is 2. The summed E-state index contributed by atoms with van der Waals surface area (Å²) >= 11 is 5.87. The Balaban J connectivity index is 2.53. The van der Waals surface area contributed by atoms with E-state index in [1.54, 1.807) is 18.2 Å². The van der Waals surface area contributed by atoms with Gasteiger partial charge in [-0.1, -0.05) is 23.7 Å². The van der Waals surface area contributed by atoms with Gasteiger partial charge in [-0.2, -0.15) is 0 Å². The SMILES string of the molecule is O=C(O)c1ccc(F)c(F)c1Nc1ccccc1Cl. The molecule has 6 heteroatoms. The normalized spacial score (nSPS) is 10.3. The maximum Gasteiger partial charge on any atom is 0.337 e. The van der Waals surface area contributed by atoms with Crippen molar-refractivity contribution < 1.29 is 18.7 Å². The molecule has 0 spiro atoms. The van der Waals surface area contributed by atoms with E-state index in [1.807, 2.05) is 0 Å². The Bertz CT molecular complexity index is 647. The van der Waals surface area contributed by atoms with Crippen LogP contribution in [-0.2, 0) is 0 Å². The van der Waals surface area contributed by atoms with Crippen molar-refractivity contribution >= 4 is 28.9 Å². The third kappa shape index (κ3) is 2.66. The zero-order chi connectivity index (χ0) is 14.0. The van der Waals surface area contributed by atoms with E-state index in [9.17, 15) is 13.6 Å². The van der Waals surface area contributed by atoms with E-state index in [-0.39, 0.29) is 16.3 Å². The molecule has 0 saturated heterocycles. The van der Waals surface area contributed by atoms with Gasteiger partial charge in [-0.3, -0.25) is 0 Å². The van der Waals surface area contributed by atoms with Gasteiger partial charge in [0.05, 0.1) is 22.0 Å². The molecule has 19 heavy (non-hydrogen) atoms. The third-order valence-electron chi connectivity index (χ3n) is 2.46. The lowest BCUT2D eigenvalue weighted by Gasteiger charge is -2.12. The van der Waals surface area contributed by atoms with E-state index >= 15 is 0 Å². The first-order valence-electron chi connectivity index (χ1n) is 5.23. The van der Waals surface area contributed by atoms with Crippen LogP contribution in [-0.4, -0.2) is 11.1 Å². The summed E-state index contributed by atoms with van der Waals surface area (Å²) < 4.78 is 26.9. The molecule has 2 aromatic rings. The van der Waals surface area contributed by atoms with Crippen LogP contribution in [0.4, 0.5) is 20.2 Å². The molecule has 0 aromatic heterocycles. The summed E-state index contributed by atoms with van der Waals surface area (Å²) in [6, 6.07) is 8.11. The molecule has 0 fully saturated rings. The standard InChI is InChI=1S/C13H8ClF2NO2/c14-8-3-1-2-4-10(8)17-12-7(13(18)19)5-6-9(15)11(12)16/h1-6,17H,(H,18,19). The predicted molar refractivity (Wildman–Crippen MR) is 68.1 cm³/mol. The number of halogens is 3. The van der Waals surface area contributed by atoms with Crippen LogP contribution in [0.25, 0.3) is 0 Å². The van der Waals surface area contributed by atoms with Crippen molar-refractivity contribution in [3.05, 3.63) is 58.6 Å². The van der Waals surface area contributed by atoms with Gasteiger partial charge in [-0.05, 0) is 24.3 Å². The molecule has 0 radical (unpaired) electrons. The monoisotopic (exact) mass is 283 g/mol. The number of rotatable bonds is 3. The summed E-state index contributed by atoms with van der Waals surface area (Å²) in [7, 11) is 0. The number of aromatic carboxylic acids is 1. The lowest BCUT2D eigenvalue weighted by molar-refractivity contribution is 0.0697. The van der Waals surface area contributed by atoms with Crippen LogP contribution >= 0.6 is 11.6 Å². The van der Waals surface area contributed by atoms with Gasteiger partial charge in [0.15, 0.2) is 11.6 Å². The van der Waals surface area contributed by atoms with Crippen LogP contribution in [0.3, 0.4) is 0 Å².